The molecule has 2 aromatic carbocycles. The number of carbonyl (C=O) groups excluding carboxylic acids is 1. The number of hydrogen-bond acceptors (Lipinski definition) is 4. The van der Waals surface area contributed by atoms with Gasteiger partial charge in [0.2, 0.25) is 9.84 Å². The highest BCUT2D eigenvalue weighted by molar-refractivity contribution is 7.91. The van der Waals surface area contributed by atoms with Crippen LogP contribution >= 0.6 is 11.3 Å². The molecule has 1 N–H and O–H groups in total. The van der Waals surface area contributed by atoms with Crippen molar-refractivity contribution in [1.29, 1.82) is 0 Å². The van der Waals surface area contributed by atoms with Crippen LogP contribution in [-0.2, 0) is 16.3 Å². The largest absolute Gasteiger partial charge is 0.341 e. The van der Waals surface area contributed by atoms with Crippen LogP contribution in [0.15, 0.2) is 70.9 Å². The molecule has 0 aliphatic rings. The Labute approximate surface area is 172 Å². The third kappa shape index (κ3) is 4.71. The molecule has 1 unspecified atom stereocenters. The number of sulfone groups is 1. The van der Waals surface area contributed by atoms with E-state index >= 15 is 0 Å². The fourth-order valence-corrected chi connectivity index (χ4v) is 4.36. The average Bonchev–Trinajstić information content (AvgIpc) is 3.26. The Balaban J connectivity index is 1.85. The first kappa shape index (κ1) is 21.1. The highest BCUT2D eigenvalue weighted by Gasteiger charge is 2.27. The van der Waals surface area contributed by atoms with Gasteiger partial charge in [0.15, 0.2) is 0 Å². The molecule has 0 bridgehead atoms. The summed E-state index contributed by atoms with van der Waals surface area (Å²) in [6, 6.07) is 15.9. The maximum Gasteiger partial charge on any atom is 0.341 e. The molecule has 0 saturated heterocycles. The van der Waals surface area contributed by atoms with Crippen molar-refractivity contribution in [2.24, 2.45) is 0 Å². The van der Waals surface area contributed by atoms with Crippen LogP contribution in [0, 0.1) is 0 Å². The van der Waals surface area contributed by atoms with Gasteiger partial charge in [-0.1, -0.05) is 37.3 Å². The second-order valence-corrected chi connectivity index (χ2v) is 9.24. The number of carbonyl (C=O) groups is 1. The van der Waals surface area contributed by atoms with Crippen molar-refractivity contribution >= 4 is 27.1 Å². The van der Waals surface area contributed by atoms with Crippen molar-refractivity contribution in [3.05, 3.63) is 87.6 Å². The molecule has 0 saturated carbocycles. The minimum atomic E-state index is -4.69. The van der Waals surface area contributed by atoms with Gasteiger partial charge in [0.05, 0.1) is 10.9 Å². The number of alkyl halides is 2. The van der Waals surface area contributed by atoms with E-state index in [4.69, 9.17) is 0 Å². The molecule has 0 radical (unpaired) electrons. The summed E-state index contributed by atoms with van der Waals surface area (Å²) in [6.07, 6.45) is 0.907. The van der Waals surface area contributed by atoms with Gasteiger partial charge >= 0.3 is 5.76 Å². The fourth-order valence-electron chi connectivity index (χ4n) is 2.83. The highest BCUT2D eigenvalue weighted by Crippen LogP contribution is 2.27. The number of nitrogens with one attached hydrogen (secondary N) is 1. The molecule has 29 heavy (non-hydrogen) atoms. The topological polar surface area (TPSA) is 63.2 Å². The van der Waals surface area contributed by atoms with Gasteiger partial charge in [-0.15, -0.1) is 11.3 Å². The van der Waals surface area contributed by atoms with E-state index in [1.807, 2.05) is 41.8 Å². The Morgan fingerprint density at radius 3 is 2.21 bits per heavy atom. The zero-order chi connectivity index (χ0) is 21.0. The van der Waals surface area contributed by atoms with Crippen LogP contribution in [0.5, 0.6) is 0 Å². The van der Waals surface area contributed by atoms with Gasteiger partial charge in [0, 0.05) is 10.4 Å². The van der Waals surface area contributed by atoms with Crippen molar-refractivity contribution in [1.82, 2.24) is 5.32 Å². The lowest BCUT2D eigenvalue weighted by Gasteiger charge is -2.19. The first-order valence-electron chi connectivity index (χ1n) is 8.88. The molecule has 0 fully saturated rings. The van der Waals surface area contributed by atoms with Crippen molar-refractivity contribution in [2.45, 2.75) is 30.0 Å². The molecule has 0 aliphatic heterocycles. The maximum absolute atomic E-state index is 12.7. The molecule has 3 rings (SSSR count). The SMILES string of the molecule is CCc1ccc(C(NC(=O)c2ccc(S(=O)(=O)C(F)F)cc2)c2cccs2)cc1. The molecule has 0 aliphatic carbocycles. The Kier molecular flexibility index (Phi) is 6.44. The zero-order valence-electron chi connectivity index (χ0n) is 15.5. The molecule has 1 aromatic heterocycles. The molecule has 152 valence electrons. The summed E-state index contributed by atoms with van der Waals surface area (Å²) in [5.74, 6) is -3.93. The summed E-state index contributed by atoms with van der Waals surface area (Å²) >= 11 is 1.50. The van der Waals surface area contributed by atoms with Crippen LogP contribution in [0.4, 0.5) is 8.78 Å². The zero-order valence-corrected chi connectivity index (χ0v) is 17.1. The van der Waals surface area contributed by atoms with Crippen LogP contribution < -0.4 is 5.32 Å². The second kappa shape index (κ2) is 8.84. The third-order valence-corrected chi connectivity index (χ3v) is 6.84. The van der Waals surface area contributed by atoms with Crippen LogP contribution in [0.3, 0.4) is 0 Å². The number of amides is 1. The standard InChI is InChI=1S/C21H19F2NO3S2/c1-2-14-5-7-15(8-6-14)19(18-4-3-13-28-18)24-20(25)16-9-11-17(12-10-16)29(26,27)21(22)23/h3-13,19,21H,2H2,1H3,(H,24,25). The van der Waals surface area contributed by atoms with E-state index < -0.39 is 26.4 Å². The summed E-state index contributed by atoms with van der Waals surface area (Å²) in [5, 5.41) is 4.86. The van der Waals surface area contributed by atoms with E-state index in [0.29, 0.717) is 0 Å². The molecule has 0 spiro atoms. The summed E-state index contributed by atoms with van der Waals surface area (Å²) < 4.78 is 48.4. The van der Waals surface area contributed by atoms with E-state index in [1.165, 1.54) is 29.0 Å². The van der Waals surface area contributed by atoms with Gasteiger partial charge in [-0.05, 0) is 53.3 Å². The number of rotatable bonds is 7. The average molecular weight is 436 g/mol. The van der Waals surface area contributed by atoms with Gasteiger partial charge in [0.1, 0.15) is 0 Å². The van der Waals surface area contributed by atoms with Crippen molar-refractivity contribution < 1.29 is 22.0 Å². The van der Waals surface area contributed by atoms with E-state index in [0.717, 1.165) is 29.0 Å². The molecule has 1 atom stereocenters. The smallest absolute Gasteiger partial charge is 0.340 e. The fraction of sp³-hybridized carbons (Fsp3) is 0.190. The minimum absolute atomic E-state index is 0.185. The first-order valence-corrected chi connectivity index (χ1v) is 11.3. The van der Waals surface area contributed by atoms with E-state index in [9.17, 15) is 22.0 Å². The molecular formula is C21H19F2NO3S2. The quantitative estimate of drug-likeness (QED) is 0.578. The van der Waals surface area contributed by atoms with E-state index in [1.54, 1.807) is 0 Å². The molecule has 3 aromatic rings. The van der Waals surface area contributed by atoms with Crippen molar-refractivity contribution in [3.8, 4) is 0 Å². The molecule has 1 heterocycles. The number of thiophene rings is 1. The summed E-state index contributed by atoms with van der Waals surface area (Å²) in [4.78, 5) is 13.2. The molecule has 1 amide bonds. The maximum atomic E-state index is 12.7. The van der Waals surface area contributed by atoms with Crippen molar-refractivity contribution in [2.75, 3.05) is 0 Å². The lowest BCUT2D eigenvalue weighted by atomic mass is 10.0. The van der Waals surface area contributed by atoms with Gasteiger partial charge in [0.25, 0.3) is 5.91 Å². The number of benzene rings is 2. The van der Waals surface area contributed by atoms with Gasteiger partial charge in [-0.2, -0.15) is 8.78 Å². The monoisotopic (exact) mass is 435 g/mol. The molecule has 4 nitrogen and oxygen atoms in total. The van der Waals surface area contributed by atoms with Crippen LogP contribution in [0.25, 0.3) is 0 Å². The molecular weight excluding hydrogens is 416 g/mol. The van der Waals surface area contributed by atoms with Crippen LogP contribution in [-0.4, -0.2) is 20.1 Å². The van der Waals surface area contributed by atoms with E-state index in [-0.39, 0.29) is 11.6 Å². The Morgan fingerprint density at radius 1 is 1.03 bits per heavy atom. The first-order chi connectivity index (χ1) is 13.8. The number of aryl methyl sites for hydroxylation is 1. The normalized spacial score (nSPS) is 12.7. The lowest BCUT2D eigenvalue weighted by molar-refractivity contribution is 0.0943. The summed E-state index contributed by atoms with van der Waals surface area (Å²) in [5.41, 5.74) is 2.28. The summed E-state index contributed by atoms with van der Waals surface area (Å²) in [7, 11) is -4.69. The predicted octanol–water partition coefficient (Wildman–Crippen LogP) is 4.83. The summed E-state index contributed by atoms with van der Waals surface area (Å²) in [6.45, 7) is 2.06. The predicted molar refractivity (Wildman–Crippen MR) is 109 cm³/mol. The van der Waals surface area contributed by atoms with Gasteiger partial charge in [-0.3, -0.25) is 4.79 Å². The minimum Gasteiger partial charge on any atom is -0.340 e. The Hall–Kier alpha value is -2.58. The van der Waals surface area contributed by atoms with Crippen molar-refractivity contribution in [3.63, 3.8) is 0 Å². The Bertz CT molecular complexity index is 1060. The second-order valence-electron chi connectivity index (χ2n) is 6.35. The third-order valence-electron chi connectivity index (χ3n) is 4.50. The van der Waals surface area contributed by atoms with Gasteiger partial charge in [-0.25, -0.2) is 8.42 Å². The van der Waals surface area contributed by atoms with Crippen LogP contribution in [0.2, 0.25) is 0 Å². The molecule has 8 heteroatoms. The lowest BCUT2D eigenvalue weighted by Crippen LogP contribution is -2.28. The van der Waals surface area contributed by atoms with E-state index in [2.05, 4.69) is 12.2 Å². The van der Waals surface area contributed by atoms with Crippen LogP contribution in [0.1, 0.15) is 39.3 Å². The number of halogens is 2. The van der Waals surface area contributed by atoms with Gasteiger partial charge < -0.3 is 5.32 Å². The number of hydrogen-bond donors (Lipinski definition) is 1. The highest BCUT2D eigenvalue weighted by atomic mass is 32.2. The Morgan fingerprint density at radius 2 is 1.69 bits per heavy atom.